The van der Waals surface area contributed by atoms with E-state index in [1.54, 1.807) is 31.2 Å². The third-order valence-electron chi connectivity index (χ3n) is 4.09. The van der Waals surface area contributed by atoms with Crippen LogP contribution in [0.5, 0.6) is 0 Å². The second kappa shape index (κ2) is 7.81. The molecular formula is C18H24ClN3O2. The van der Waals surface area contributed by atoms with Crippen molar-refractivity contribution >= 4 is 17.5 Å². The second-order valence-corrected chi connectivity index (χ2v) is 6.46. The number of carbonyl (C=O) groups is 1. The van der Waals surface area contributed by atoms with E-state index < -0.39 is 12.1 Å². The maximum atomic E-state index is 12.6. The van der Waals surface area contributed by atoms with Gasteiger partial charge in [0.25, 0.3) is 5.91 Å². The van der Waals surface area contributed by atoms with E-state index in [-0.39, 0.29) is 5.91 Å². The molecule has 24 heavy (non-hydrogen) atoms. The molecule has 2 unspecified atom stereocenters. The smallest absolute Gasteiger partial charge is 0.255 e. The molecule has 0 bridgehead atoms. The van der Waals surface area contributed by atoms with Crippen LogP contribution in [0.4, 0.5) is 0 Å². The highest BCUT2D eigenvalue weighted by molar-refractivity contribution is 6.30. The van der Waals surface area contributed by atoms with Gasteiger partial charge < -0.3 is 10.4 Å². The second-order valence-electron chi connectivity index (χ2n) is 6.03. The minimum Gasteiger partial charge on any atom is -0.386 e. The Labute approximate surface area is 147 Å². The SMILES string of the molecule is CCCn1nc(C)c(C(=O)NC(C)C(O)c2ccc(Cl)cc2)c1C. The first-order valence-corrected chi connectivity index (χ1v) is 8.51. The zero-order chi connectivity index (χ0) is 17.9. The fourth-order valence-electron chi connectivity index (χ4n) is 2.76. The van der Waals surface area contributed by atoms with E-state index >= 15 is 0 Å². The van der Waals surface area contributed by atoms with Crippen LogP contribution < -0.4 is 5.32 Å². The van der Waals surface area contributed by atoms with Crippen molar-refractivity contribution in [3.8, 4) is 0 Å². The number of nitrogens with zero attached hydrogens (tertiary/aromatic N) is 2. The third-order valence-corrected chi connectivity index (χ3v) is 4.34. The number of hydrogen-bond donors (Lipinski definition) is 2. The Bertz CT molecular complexity index is 710. The Balaban J connectivity index is 2.12. The van der Waals surface area contributed by atoms with Gasteiger partial charge in [-0.3, -0.25) is 9.48 Å². The number of carbonyl (C=O) groups excluding carboxylic acids is 1. The first-order chi connectivity index (χ1) is 11.3. The highest BCUT2D eigenvalue weighted by Gasteiger charge is 2.23. The van der Waals surface area contributed by atoms with Crippen molar-refractivity contribution in [1.29, 1.82) is 0 Å². The lowest BCUT2D eigenvalue weighted by atomic mass is 10.0. The fourth-order valence-corrected chi connectivity index (χ4v) is 2.89. The Kier molecular flexibility index (Phi) is 6.02. The summed E-state index contributed by atoms with van der Waals surface area (Å²) in [5, 5.41) is 18.3. The van der Waals surface area contributed by atoms with Gasteiger partial charge in [-0.15, -0.1) is 0 Å². The summed E-state index contributed by atoms with van der Waals surface area (Å²) in [6.07, 6.45) is 0.145. The number of benzene rings is 1. The summed E-state index contributed by atoms with van der Waals surface area (Å²) in [5.74, 6) is -0.215. The number of aryl methyl sites for hydroxylation is 2. The Morgan fingerprint density at radius 1 is 1.33 bits per heavy atom. The van der Waals surface area contributed by atoms with Gasteiger partial charge in [-0.1, -0.05) is 30.7 Å². The van der Waals surface area contributed by atoms with Gasteiger partial charge >= 0.3 is 0 Å². The Morgan fingerprint density at radius 2 is 1.96 bits per heavy atom. The topological polar surface area (TPSA) is 67.2 Å². The van der Waals surface area contributed by atoms with E-state index in [4.69, 9.17) is 11.6 Å². The van der Waals surface area contributed by atoms with Crippen LogP contribution in [0.1, 0.15) is 53.7 Å². The largest absolute Gasteiger partial charge is 0.386 e. The molecule has 0 aliphatic heterocycles. The monoisotopic (exact) mass is 349 g/mol. The van der Waals surface area contributed by atoms with Crippen molar-refractivity contribution in [2.45, 2.75) is 52.8 Å². The summed E-state index contributed by atoms with van der Waals surface area (Å²) < 4.78 is 1.85. The van der Waals surface area contributed by atoms with E-state index in [0.717, 1.165) is 18.7 Å². The number of aliphatic hydroxyl groups is 1. The minimum absolute atomic E-state index is 0.215. The van der Waals surface area contributed by atoms with Gasteiger partial charge in [0.05, 0.1) is 23.4 Å². The summed E-state index contributed by atoms with van der Waals surface area (Å²) in [5.41, 5.74) is 2.84. The molecule has 0 saturated heterocycles. The van der Waals surface area contributed by atoms with E-state index in [1.165, 1.54) is 0 Å². The molecular weight excluding hydrogens is 326 g/mol. The van der Waals surface area contributed by atoms with Crippen LogP contribution in [0.3, 0.4) is 0 Å². The molecule has 2 rings (SSSR count). The molecule has 130 valence electrons. The molecule has 0 aliphatic carbocycles. The van der Waals surface area contributed by atoms with Gasteiger partial charge in [-0.25, -0.2) is 0 Å². The van der Waals surface area contributed by atoms with Crippen LogP contribution in [0.2, 0.25) is 5.02 Å². The predicted octanol–water partition coefficient (Wildman–Crippen LogP) is 3.42. The van der Waals surface area contributed by atoms with Crippen LogP contribution >= 0.6 is 11.6 Å². The Hall–Kier alpha value is -1.85. The molecule has 0 spiro atoms. The fraction of sp³-hybridized carbons (Fsp3) is 0.444. The van der Waals surface area contributed by atoms with Crippen molar-refractivity contribution < 1.29 is 9.90 Å². The minimum atomic E-state index is -0.808. The predicted molar refractivity (Wildman–Crippen MR) is 95.3 cm³/mol. The van der Waals surface area contributed by atoms with E-state index in [1.807, 2.05) is 18.5 Å². The lowest BCUT2D eigenvalue weighted by Crippen LogP contribution is -2.37. The zero-order valence-electron chi connectivity index (χ0n) is 14.5. The summed E-state index contributed by atoms with van der Waals surface area (Å²) in [6.45, 7) is 8.35. The Morgan fingerprint density at radius 3 is 2.54 bits per heavy atom. The van der Waals surface area contributed by atoms with Gasteiger partial charge in [-0.05, 0) is 44.9 Å². The molecule has 1 amide bonds. The average molecular weight is 350 g/mol. The van der Waals surface area contributed by atoms with Crippen LogP contribution in [0.15, 0.2) is 24.3 Å². The van der Waals surface area contributed by atoms with Crippen LogP contribution in [-0.2, 0) is 6.54 Å². The lowest BCUT2D eigenvalue weighted by Gasteiger charge is -2.21. The van der Waals surface area contributed by atoms with Gasteiger partial charge in [0.2, 0.25) is 0 Å². The van der Waals surface area contributed by atoms with Crippen LogP contribution in [-0.4, -0.2) is 26.8 Å². The molecule has 5 nitrogen and oxygen atoms in total. The molecule has 2 aromatic rings. The standard InChI is InChI=1S/C18H24ClN3O2/c1-5-10-22-13(4)16(11(2)21-22)18(24)20-12(3)17(23)14-6-8-15(19)9-7-14/h6-9,12,17,23H,5,10H2,1-4H3,(H,20,24). The molecule has 1 aromatic heterocycles. The first kappa shape index (κ1) is 18.5. The average Bonchev–Trinajstić information content (AvgIpc) is 2.81. The number of aliphatic hydroxyl groups excluding tert-OH is 1. The molecule has 2 atom stereocenters. The highest BCUT2D eigenvalue weighted by atomic mass is 35.5. The lowest BCUT2D eigenvalue weighted by molar-refractivity contribution is 0.0850. The number of hydrogen-bond acceptors (Lipinski definition) is 3. The molecule has 0 aliphatic rings. The van der Waals surface area contributed by atoms with Crippen LogP contribution in [0.25, 0.3) is 0 Å². The summed E-state index contributed by atoms with van der Waals surface area (Å²) >= 11 is 5.86. The number of rotatable bonds is 6. The molecule has 1 aromatic carbocycles. The highest BCUT2D eigenvalue weighted by Crippen LogP contribution is 2.20. The number of aromatic nitrogens is 2. The van der Waals surface area contributed by atoms with Crippen molar-refractivity contribution in [2.75, 3.05) is 0 Å². The summed E-state index contributed by atoms with van der Waals surface area (Å²) in [7, 11) is 0. The van der Waals surface area contributed by atoms with E-state index in [2.05, 4.69) is 17.3 Å². The maximum absolute atomic E-state index is 12.6. The van der Waals surface area contributed by atoms with Gasteiger partial charge in [0.15, 0.2) is 0 Å². The molecule has 0 fully saturated rings. The van der Waals surface area contributed by atoms with Gasteiger partial charge in [0.1, 0.15) is 0 Å². The van der Waals surface area contributed by atoms with Crippen LogP contribution in [0, 0.1) is 13.8 Å². The number of halogens is 1. The van der Waals surface area contributed by atoms with Gasteiger partial charge in [0, 0.05) is 17.3 Å². The van der Waals surface area contributed by atoms with Crippen molar-refractivity contribution in [3.63, 3.8) is 0 Å². The third kappa shape index (κ3) is 3.97. The van der Waals surface area contributed by atoms with Crippen molar-refractivity contribution in [3.05, 3.63) is 51.8 Å². The molecule has 1 heterocycles. The zero-order valence-corrected chi connectivity index (χ0v) is 15.3. The number of amides is 1. The first-order valence-electron chi connectivity index (χ1n) is 8.13. The molecule has 6 heteroatoms. The normalized spacial score (nSPS) is 13.6. The molecule has 0 radical (unpaired) electrons. The summed E-state index contributed by atoms with van der Waals surface area (Å²) in [6, 6.07) is 6.51. The van der Waals surface area contributed by atoms with Crippen molar-refractivity contribution in [1.82, 2.24) is 15.1 Å². The van der Waals surface area contributed by atoms with E-state index in [0.29, 0.717) is 21.8 Å². The van der Waals surface area contributed by atoms with Crippen molar-refractivity contribution in [2.24, 2.45) is 0 Å². The number of nitrogens with one attached hydrogen (secondary N) is 1. The van der Waals surface area contributed by atoms with Gasteiger partial charge in [-0.2, -0.15) is 5.10 Å². The quantitative estimate of drug-likeness (QED) is 0.839. The van der Waals surface area contributed by atoms with E-state index in [9.17, 15) is 9.90 Å². The molecule has 2 N–H and O–H groups in total. The molecule has 0 saturated carbocycles. The summed E-state index contributed by atoms with van der Waals surface area (Å²) in [4.78, 5) is 12.6. The maximum Gasteiger partial charge on any atom is 0.255 e.